The van der Waals surface area contributed by atoms with E-state index in [1.165, 1.54) is 12.1 Å². The molecule has 0 saturated carbocycles. The average molecular weight is 252 g/mol. The molecular weight excluding hydrogens is 235 g/mol. The van der Waals surface area contributed by atoms with Gasteiger partial charge in [-0.15, -0.1) is 0 Å². The van der Waals surface area contributed by atoms with E-state index in [1.807, 2.05) is 4.90 Å². The summed E-state index contributed by atoms with van der Waals surface area (Å²) in [6.07, 6.45) is 1.89. The molecule has 1 aliphatic heterocycles. The minimum absolute atomic E-state index is 0.0522. The third-order valence-electron chi connectivity index (χ3n) is 3.20. The molecule has 1 atom stereocenters. The van der Waals surface area contributed by atoms with Crippen LogP contribution in [0, 0.1) is 5.82 Å². The Bertz CT molecular complexity index is 425. The largest absolute Gasteiger partial charge is 0.395 e. The lowest BCUT2D eigenvalue weighted by atomic mass is 10.2. The van der Waals surface area contributed by atoms with Gasteiger partial charge in [-0.05, 0) is 31.5 Å². The van der Waals surface area contributed by atoms with Crippen molar-refractivity contribution >= 4 is 11.6 Å². The zero-order valence-corrected chi connectivity index (χ0v) is 10.1. The number of hydrogen-bond acceptors (Lipinski definition) is 3. The predicted molar refractivity (Wildman–Crippen MR) is 66.7 cm³/mol. The van der Waals surface area contributed by atoms with Crippen LogP contribution in [0.3, 0.4) is 0 Å². The molecule has 0 aliphatic carbocycles. The van der Waals surface area contributed by atoms with E-state index in [1.54, 1.807) is 12.1 Å². The summed E-state index contributed by atoms with van der Waals surface area (Å²) in [4.78, 5) is 13.7. The number of aliphatic hydroxyl groups is 1. The average Bonchev–Trinajstić information content (AvgIpc) is 2.79. The van der Waals surface area contributed by atoms with Crippen LogP contribution in [-0.4, -0.2) is 41.7 Å². The summed E-state index contributed by atoms with van der Waals surface area (Å²) in [5.74, 6) is -0.688. The molecule has 1 aromatic carbocycles. The fourth-order valence-electron chi connectivity index (χ4n) is 2.25. The molecule has 1 saturated heterocycles. The number of anilines is 1. The van der Waals surface area contributed by atoms with E-state index in [0.29, 0.717) is 0 Å². The summed E-state index contributed by atoms with van der Waals surface area (Å²) >= 11 is 0. The number of carbonyl (C=O) groups is 1. The van der Waals surface area contributed by atoms with Crippen molar-refractivity contribution < 1.29 is 14.3 Å². The molecule has 1 heterocycles. The van der Waals surface area contributed by atoms with Gasteiger partial charge in [0.2, 0.25) is 5.91 Å². The Kier molecular flexibility index (Phi) is 4.28. The second-order valence-electron chi connectivity index (χ2n) is 4.48. The number of nitrogens with one attached hydrogen (secondary N) is 1. The number of amides is 1. The third kappa shape index (κ3) is 3.05. The Morgan fingerprint density at radius 1 is 1.50 bits per heavy atom. The van der Waals surface area contributed by atoms with Crippen molar-refractivity contribution in [3.8, 4) is 0 Å². The standard InChI is InChI=1S/C13H17FN2O2/c14-11-5-1-2-6-12(11)15-13(18)8-16-7-3-4-10(16)9-17/h1-2,5-6,10,17H,3-4,7-9H2,(H,15,18)/t10-/m1/s1. The van der Waals surface area contributed by atoms with E-state index in [4.69, 9.17) is 5.11 Å². The van der Waals surface area contributed by atoms with E-state index in [-0.39, 0.29) is 30.8 Å². The van der Waals surface area contributed by atoms with E-state index in [2.05, 4.69) is 5.32 Å². The topological polar surface area (TPSA) is 52.6 Å². The van der Waals surface area contributed by atoms with Gasteiger partial charge in [0, 0.05) is 6.04 Å². The van der Waals surface area contributed by atoms with Gasteiger partial charge in [0.1, 0.15) is 5.82 Å². The van der Waals surface area contributed by atoms with Gasteiger partial charge >= 0.3 is 0 Å². The van der Waals surface area contributed by atoms with Gasteiger partial charge in [-0.25, -0.2) is 4.39 Å². The molecule has 2 N–H and O–H groups in total. The maximum Gasteiger partial charge on any atom is 0.238 e. The molecule has 0 unspecified atom stereocenters. The van der Waals surface area contributed by atoms with Crippen LogP contribution in [0.2, 0.25) is 0 Å². The highest BCUT2D eigenvalue weighted by atomic mass is 19.1. The van der Waals surface area contributed by atoms with E-state index < -0.39 is 5.82 Å². The third-order valence-corrected chi connectivity index (χ3v) is 3.20. The molecule has 0 radical (unpaired) electrons. The monoisotopic (exact) mass is 252 g/mol. The van der Waals surface area contributed by atoms with Crippen LogP contribution in [0.1, 0.15) is 12.8 Å². The highest BCUT2D eigenvalue weighted by molar-refractivity contribution is 5.92. The first-order valence-electron chi connectivity index (χ1n) is 6.10. The summed E-state index contributed by atoms with van der Waals surface area (Å²) < 4.78 is 13.3. The SMILES string of the molecule is O=C(CN1CCC[C@@H]1CO)Nc1ccccc1F. The summed E-state index contributed by atoms with van der Waals surface area (Å²) in [7, 11) is 0. The van der Waals surface area contributed by atoms with Crippen molar-refractivity contribution in [1.29, 1.82) is 0 Å². The molecule has 18 heavy (non-hydrogen) atoms. The number of halogens is 1. The van der Waals surface area contributed by atoms with Gasteiger partial charge in [0.25, 0.3) is 0 Å². The molecule has 1 fully saturated rings. The Balaban J connectivity index is 1.91. The maximum atomic E-state index is 13.3. The number of carbonyl (C=O) groups excluding carboxylic acids is 1. The first-order valence-corrected chi connectivity index (χ1v) is 6.10. The van der Waals surface area contributed by atoms with Crippen molar-refractivity contribution in [2.24, 2.45) is 0 Å². The lowest BCUT2D eigenvalue weighted by Crippen LogP contribution is -2.38. The molecule has 0 aromatic heterocycles. The first-order chi connectivity index (χ1) is 8.70. The lowest BCUT2D eigenvalue weighted by molar-refractivity contribution is -0.117. The van der Waals surface area contributed by atoms with Gasteiger partial charge in [0.05, 0.1) is 18.8 Å². The Morgan fingerprint density at radius 2 is 2.28 bits per heavy atom. The van der Waals surface area contributed by atoms with Crippen molar-refractivity contribution in [2.75, 3.05) is 25.0 Å². The number of para-hydroxylation sites is 1. The van der Waals surface area contributed by atoms with Crippen molar-refractivity contribution in [3.63, 3.8) is 0 Å². The minimum Gasteiger partial charge on any atom is -0.395 e. The van der Waals surface area contributed by atoms with Crippen LogP contribution in [0.4, 0.5) is 10.1 Å². The molecule has 1 aliphatic rings. The second kappa shape index (κ2) is 5.93. The van der Waals surface area contributed by atoms with E-state index in [0.717, 1.165) is 19.4 Å². The van der Waals surface area contributed by atoms with Gasteiger partial charge in [-0.3, -0.25) is 9.69 Å². The number of benzene rings is 1. The summed E-state index contributed by atoms with van der Waals surface area (Å²) in [5.41, 5.74) is 0.197. The summed E-state index contributed by atoms with van der Waals surface area (Å²) in [6, 6.07) is 6.14. The number of nitrogens with zero attached hydrogens (tertiary/aromatic N) is 1. The number of hydrogen-bond donors (Lipinski definition) is 2. The molecule has 4 nitrogen and oxygen atoms in total. The molecule has 98 valence electrons. The number of rotatable bonds is 4. The highest BCUT2D eigenvalue weighted by Gasteiger charge is 2.25. The molecule has 1 amide bonds. The van der Waals surface area contributed by atoms with Gasteiger partial charge in [-0.1, -0.05) is 12.1 Å². The van der Waals surface area contributed by atoms with Crippen LogP contribution in [0.15, 0.2) is 24.3 Å². The van der Waals surface area contributed by atoms with Crippen molar-refractivity contribution in [2.45, 2.75) is 18.9 Å². The zero-order valence-electron chi connectivity index (χ0n) is 10.1. The van der Waals surface area contributed by atoms with Crippen LogP contribution in [0.5, 0.6) is 0 Å². The Morgan fingerprint density at radius 3 is 3.00 bits per heavy atom. The first kappa shape index (κ1) is 13.0. The predicted octanol–water partition coefficient (Wildman–Crippen LogP) is 1.22. The normalized spacial score (nSPS) is 20.0. The Labute approximate surface area is 105 Å². The second-order valence-corrected chi connectivity index (χ2v) is 4.48. The van der Waals surface area contributed by atoms with Crippen molar-refractivity contribution in [1.82, 2.24) is 4.90 Å². The minimum atomic E-state index is -0.439. The van der Waals surface area contributed by atoms with E-state index in [9.17, 15) is 9.18 Å². The highest BCUT2D eigenvalue weighted by Crippen LogP contribution is 2.17. The quantitative estimate of drug-likeness (QED) is 0.847. The smallest absolute Gasteiger partial charge is 0.238 e. The zero-order chi connectivity index (χ0) is 13.0. The summed E-state index contributed by atoms with van der Waals surface area (Å²) in [6.45, 7) is 1.06. The van der Waals surface area contributed by atoms with Gasteiger partial charge in [0.15, 0.2) is 0 Å². The molecular formula is C13H17FN2O2. The molecule has 1 aromatic rings. The number of likely N-dealkylation sites (tertiary alicyclic amines) is 1. The summed E-state index contributed by atoms with van der Waals surface area (Å²) in [5, 5.41) is 11.7. The van der Waals surface area contributed by atoms with Crippen molar-refractivity contribution in [3.05, 3.63) is 30.1 Å². The maximum absolute atomic E-state index is 13.3. The fraction of sp³-hybridized carbons (Fsp3) is 0.462. The van der Waals surface area contributed by atoms with E-state index >= 15 is 0 Å². The van der Waals surface area contributed by atoms with Crippen LogP contribution >= 0.6 is 0 Å². The molecule has 0 bridgehead atoms. The van der Waals surface area contributed by atoms with Gasteiger partial charge in [-0.2, -0.15) is 0 Å². The number of aliphatic hydroxyl groups excluding tert-OH is 1. The fourth-order valence-corrected chi connectivity index (χ4v) is 2.25. The van der Waals surface area contributed by atoms with Gasteiger partial charge < -0.3 is 10.4 Å². The van der Waals surface area contributed by atoms with Crippen LogP contribution in [0.25, 0.3) is 0 Å². The lowest BCUT2D eigenvalue weighted by Gasteiger charge is -2.21. The van der Waals surface area contributed by atoms with Crippen LogP contribution < -0.4 is 5.32 Å². The molecule has 2 rings (SSSR count). The van der Waals surface area contributed by atoms with Crippen LogP contribution in [-0.2, 0) is 4.79 Å². The Hall–Kier alpha value is -1.46. The molecule has 0 spiro atoms. The molecule has 5 heteroatoms.